The Kier molecular flexibility index (Phi) is 4.61. The van der Waals surface area contributed by atoms with Crippen LogP contribution in [0.15, 0.2) is 29.4 Å². The predicted octanol–water partition coefficient (Wildman–Crippen LogP) is 2.10. The van der Waals surface area contributed by atoms with Crippen LogP contribution < -0.4 is 10.1 Å². The minimum absolute atomic E-state index is 0.105. The van der Waals surface area contributed by atoms with Crippen molar-refractivity contribution in [2.75, 3.05) is 7.11 Å². The largest absolute Gasteiger partial charge is 0.497 e. The van der Waals surface area contributed by atoms with Crippen molar-refractivity contribution in [1.29, 1.82) is 0 Å². The van der Waals surface area contributed by atoms with Crippen molar-refractivity contribution in [2.45, 2.75) is 38.8 Å². The molecule has 0 aliphatic carbocycles. The lowest BCUT2D eigenvalue weighted by Gasteiger charge is -2.14. The van der Waals surface area contributed by atoms with Crippen LogP contribution in [0, 0.1) is 0 Å². The fourth-order valence-corrected chi connectivity index (χ4v) is 1.91. The number of nitrogens with zero attached hydrogens (tertiary/aromatic N) is 1. The molecule has 2 rings (SSSR count). The zero-order valence-electron chi connectivity index (χ0n) is 12.1. The number of methoxy groups -OCH3 is 1. The van der Waals surface area contributed by atoms with Crippen LogP contribution in [0.5, 0.6) is 5.75 Å². The maximum absolute atomic E-state index is 12.0. The van der Waals surface area contributed by atoms with Crippen molar-refractivity contribution in [3.05, 3.63) is 29.8 Å². The lowest BCUT2D eigenvalue weighted by atomic mass is 10.0. The molecule has 0 fully saturated rings. The van der Waals surface area contributed by atoms with Crippen molar-refractivity contribution < 1.29 is 14.4 Å². The topological polar surface area (TPSA) is 59.9 Å². The molecule has 0 bridgehead atoms. The van der Waals surface area contributed by atoms with E-state index >= 15 is 0 Å². The predicted molar refractivity (Wildman–Crippen MR) is 76.9 cm³/mol. The van der Waals surface area contributed by atoms with Gasteiger partial charge in [0.25, 0.3) is 5.91 Å². The molecule has 1 aromatic rings. The summed E-state index contributed by atoms with van der Waals surface area (Å²) in [7, 11) is 1.63. The number of carbonyl (C=O) groups is 1. The summed E-state index contributed by atoms with van der Waals surface area (Å²) >= 11 is 0. The molecule has 1 amide bonds. The van der Waals surface area contributed by atoms with Crippen molar-refractivity contribution in [3.8, 4) is 5.75 Å². The second kappa shape index (κ2) is 6.41. The van der Waals surface area contributed by atoms with Crippen LogP contribution in [0.25, 0.3) is 0 Å². The number of benzene rings is 1. The van der Waals surface area contributed by atoms with Gasteiger partial charge in [-0.2, -0.15) is 0 Å². The number of oxime groups is 1. The van der Waals surface area contributed by atoms with Crippen molar-refractivity contribution in [3.63, 3.8) is 0 Å². The normalized spacial score (nSPS) is 18.9. The van der Waals surface area contributed by atoms with E-state index in [1.54, 1.807) is 7.11 Å². The fraction of sp³-hybridized carbons (Fsp3) is 0.467. The van der Waals surface area contributed by atoms with E-state index in [2.05, 4.69) is 10.5 Å². The second-order valence-corrected chi connectivity index (χ2v) is 4.88. The highest BCUT2D eigenvalue weighted by atomic mass is 16.6. The van der Waals surface area contributed by atoms with Gasteiger partial charge in [0.15, 0.2) is 0 Å². The average molecular weight is 276 g/mol. The fourth-order valence-electron chi connectivity index (χ4n) is 1.91. The van der Waals surface area contributed by atoms with E-state index in [9.17, 15) is 4.79 Å². The number of carbonyl (C=O) groups excluding carboxylic acids is 1. The smallest absolute Gasteiger partial charge is 0.264 e. The molecule has 0 saturated heterocycles. The van der Waals surface area contributed by atoms with E-state index < -0.39 is 6.10 Å². The summed E-state index contributed by atoms with van der Waals surface area (Å²) in [5.74, 6) is 0.686. The zero-order valence-corrected chi connectivity index (χ0v) is 12.1. The Morgan fingerprint density at radius 2 is 2.20 bits per heavy atom. The van der Waals surface area contributed by atoms with Crippen LogP contribution in [0.1, 0.15) is 32.3 Å². The van der Waals surface area contributed by atoms with Gasteiger partial charge in [0.1, 0.15) is 5.75 Å². The number of hydrogen-bond donors (Lipinski definition) is 1. The van der Waals surface area contributed by atoms with Crippen molar-refractivity contribution >= 4 is 11.6 Å². The molecule has 1 heterocycles. The van der Waals surface area contributed by atoms with E-state index in [1.165, 1.54) is 0 Å². The molecule has 108 valence electrons. The highest BCUT2D eigenvalue weighted by Crippen LogP contribution is 2.19. The van der Waals surface area contributed by atoms with Gasteiger partial charge in [0.05, 0.1) is 12.8 Å². The number of hydrogen-bond acceptors (Lipinski definition) is 4. The molecule has 5 heteroatoms. The van der Waals surface area contributed by atoms with Crippen LogP contribution >= 0.6 is 0 Å². The van der Waals surface area contributed by atoms with E-state index in [1.807, 2.05) is 38.1 Å². The van der Waals surface area contributed by atoms with Gasteiger partial charge in [-0.05, 0) is 43.2 Å². The second-order valence-electron chi connectivity index (χ2n) is 4.88. The molecule has 0 spiro atoms. The van der Waals surface area contributed by atoms with Gasteiger partial charge in [-0.3, -0.25) is 4.79 Å². The summed E-state index contributed by atoms with van der Waals surface area (Å²) in [5.41, 5.74) is 1.74. The molecule has 1 aliphatic heterocycles. The quantitative estimate of drug-likeness (QED) is 0.896. The molecule has 0 radical (unpaired) electrons. The lowest BCUT2D eigenvalue weighted by molar-refractivity contribution is -0.131. The summed E-state index contributed by atoms with van der Waals surface area (Å²) in [5, 5.41) is 6.92. The molecule has 5 nitrogen and oxygen atoms in total. The van der Waals surface area contributed by atoms with Crippen molar-refractivity contribution in [1.82, 2.24) is 5.32 Å². The van der Waals surface area contributed by atoms with Crippen LogP contribution in [-0.2, 0) is 9.63 Å². The highest BCUT2D eigenvalue weighted by Gasteiger charge is 2.29. The number of amides is 1. The Morgan fingerprint density at radius 1 is 1.50 bits per heavy atom. The van der Waals surface area contributed by atoms with Gasteiger partial charge < -0.3 is 14.9 Å². The first-order valence-corrected chi connectivity index (χ1v) is 6.81. The SMILES string of the molecule is CC[C@H](C)NC(=O)[C@H]1CC(c2ccc(OC)cc2)=NO1. The van der Waals surface area contributed by atoms with Gasteiger partial charge in [0, 0.05) is 12.5 Å². The Morgan fingerprint density at radius 3 is 2.80 bits per heavy atom. The van der Waals surface area contributed by atoms with Gasteiger partial charge in [0.2, 0.25) is 6.10 Å². The molecular formula is C15H20N2O3. The summed E-state index contributed by atoms with van der Waals surface area (Å²) in [6.07, 6.45) is 0.861. The number of nitrogens with one attached hydrogen (secondary N) is 1. The van der Waals surface area contributed by atoms with E-state index in [-0.39, 0.29) is 11.9 Å². The lowest BCUT2D eigenvalue weighted by Crippen LogP contribution is -2.39. The van der Waals surface area contributed by atoms with Crippen LogP contribution in [0.4, 0.5) is 0 Å². The molecular weight excluding hydrogens is 256 g/mol. The van der Waals surface area contributed by atoms with E-state index in [4.69, 9.17) is 9.57 Å². The molecule has 20 heavy (non-hydrogen) atoms. The maximum Gasteiger partial charge on any atom is 0.264 e. The maximum atomic E-state index is 12.0. The Hall–Kier alpha value is -2.04. The minimum Gasteiger partial charge on any atom is -0.497 e. The van der Waals surface area contributed by atoms with Crippen LogP contribution in [0.3, 0.4) is 0 Å². The van der Waals surface area contributed by atoms with Crippen LogP contribution in [0.2, 0.25) is 0 Å². The Labute approximate surface area is 118 Å². The van der Waals surface area contributed by atoms with Crippen molar-refractivity contribution in [2.24, 2.45) is 5.16 Å². The van der Waals surface area contributed by atoms with Gasteiger partial charge >= 0.3 is 0 Å². The molecule has 0 saturated carbocycles. The Balaban J connectivity index is 1.95. The summed E-state index contributed by atoms with van der Waals surface area (Å²) < 4.78 is 5.11. The van der Waals surface area contributed by atoms with Crippen LogP contribution in [-0.4, -0.2) is 30.9 Å². The molecule has 1 N–H and O–H groups in total. The van der Waals surface area contributed by atoms with Gasteiger partial charge in [-0.1, -0.05) is 12.1 Å². The Bertz CT molecular complexity index is 496. The third kappa shape index (κ3) is 3.29. The number of rotatable bonds is 5. The molecule has 0 aromatic heterocycles. The first-order chi connectivity index (χ1) is 9.63. The molecule has 2 atom stereocenters. The van der Waals surface area contributed by atoms with Gasteiger partial charge in [-0.15, -0.1) is 0 Å². The summed E-state index contributed by atoms with van der Waals surface area (Å²) in [6, 6.07) is 7.71. The standard InChI is InChI=1S/C15H20N2O3/c1-4-10(2)16-15(18)14-9-13(17-20-14)11-5-7-12(19-3)8-6-11/h5-8,10,14H,4,9H2,1-3H3,(H,16,18)/t10-,14+/m0/s1. The van der Waals surface area contributed by atoms with E-state index in [0.717, 1.165) is 23.4 Å². The summed E-state index contributed by atoms with van der Waals surface area (Å²) in [6.45, 7) is 4.00. The van der Waals surface area contributed by atoms with Gasteiger partial charge in [-0.25, -0.2) is 0 Å². The first-order valence-electron chi connectivity index (χ1n) is 6.81. The minimum atomic E-state index is -0.527. The third-order valence-corrected chi connectivity index (χ3v) is 3.39. The molecule has 0 unspecified atom stereocenters. The highest BCUT2D eigenvalue weighted by molar-refractivity contribution is 6.04. The first kappa shape index (κ1) is 14.4. The third-order valence-electron chi connectivity index (χ3n) is 3.39. The molecule has 1 aliphatic rings. The zero-order chi connectivity index (χ0) is 14.5. The van der Waals surface area contributed by atoms with E-state index in [0.29, 0.717) is 6.42 Å². The summed E-state index contributed by atoms with van der Waals surface area (Å²) in [4.78, 5) is 17.2. The number of ether oxygens (including phenoxy) is 1. The molecule has 1 aromatic carbocycles. The monoisotopic (exact) mass is 276 g/mol. The average Bonchev–Trinajstić information content (AvgIpc) is 2.97.